The zero-order valence-electron chi connectivity index (χ0n) is 5.64. The van der Waals surface area contributed by atoms with Gasteiger partial charge >= 0.3 is 7.42 Å². The van der Waals surface area contributed by atoms with Crippen molar-refractivity contribution in [1.82, 2.24) is 0 Å². The van der Waals surface area contributed by atoms with E-state index in [0.717, 1.165) is 5.56 Å². The Bertz CT molecular complexity index is 271. The molecule has 0 saturated carbocycles. The van der Waals surface area contributed by atoms with Crippen molar-refractivity contribution in [3.8, 4) is 11.5 Å². The van der Waals surface area contributed by atoms with Crippen LogP contribution in [-0.4, -0.2) is 7.42 Å². The minimum absolute atomic E-state index is 0.955. The molecule has 0 N–H and O–H groups in total. The molecular formula is C8H5Cl2Si. The third-order valence-corrected chi connectivity index (χ3v) is 1.96. The van der Waals surface area contributed by atoms with Crippen LogP contribution in [0.15, 0.2) is 30.3 Å². The third-order valence-electron chi connectivity index (χ3n) is 1.08. The van der Waals surface area contributed by atoms with Crippen LogP contribution in [0.25, 0.3) is 0 Å². The van der Waals surface area contributed by atoms with Crippen LogP contribution in [0.2, 0.25) is 0 Å². The van der Waals surface area contributed by atoms with Gasteiger partial charge in [0.2, 0.25) is 0 Å². The summed E-state index contributed by atoms with van der Waals surface area (Å²) >= 11 is 11.0. The summed E-state index contributed by atoms with van der Waals surface area (Å²) in [6.45, 7) is 0. The molecular weight excluding hydrogens is 195 g/mol. The molecule has 0 bridgehead atoms. The Morgan fingerprint density at radius 2 is 1.73 bits per heavy atom. The summed E-state index contributed by atoms with van der Waals surface area (Å²) in [5, 5.41) is 0. The van der Waals surface area contributed by atoms with Gasteiger partial charge in [0.15, 0.2) is 0 Å². The lowest BCUT2D eigenvalue weighted by Crippen LogP contribution is -1.84. The molecule has 0 spiro atoms. The molecule has 0 aliphatic rings. The number of rotatable bonds is 0. The molecule has 1 rings (SSSR count). The molecule has 55 valence electrons. The SMILES string of the molecule is Cl[Si](Cl)C#Cc1ccccc1. The molecule has 0 fully saturated rings. The van der Waals surface area contributed by atoms with E-state index in [-0.39, 0.29) is 0 Å². The molecule has 0 saturated heterocycles. The van der Waals surface area contributed by atoms with Crippen molar-refractivity contribution in [1.29, 1.82) is 0 Å². The number of benzene rings is 1. The molecule has 0 amide bonds. The Hall–Kier alpha value is -0.423. The Balaban J connectivity index is 2.75. The third kappa shape index (κ3) is 3.48. The van der Waals surface area contributed by atoms with Crippen molar-refractivity contribution in [2.45, 2.75) is 0 Å². The summed E-state index contributed by atoms with van der Waals surface area (Å²) in [6, 6.07) is 9.65. The Labute approximate surface area is 77.2 Å². The van der Waals surface area contributed by atoms with Crippen LogP contribution in [0.3, 0.4) is 0 Å². The fourth-order valence-electron chi connectivity index (χ4n) is 0.641. The average Bonchev–Trinajstić information content (AvgIpc) is 2.03. The van der Waals surface area contributed by atoms with Gasteiger partial charge in [-0.05, 0) is 12.1 Å². The largest absolute Gasteiger partial charge is 0.357 e. The first-order valence-corrected chi connectivity index (χ1v) is 6.56. The zero-order chi connectivity index (χ0) is 8.10. The quantitative estimate of drug-likeness (QED) is 0.343. The van der Waals surface area contributed by atoms with Gasteiger partial charge in [-0.1, -0.05) is 29.7 Å². The van der Waals surface area contributed by atoms with Crippen LogP contribution in [-0.2, 0) is 0 Å². The van der Waals surface area contributed by atoms with E-state index in [0.29, 0.717) is 0 Å². The zero-order valence-corrected chi connectivity index (χ0v) is 8.15. The molecule has 0 heterocycles. The molecule has 1 aromatic carbocycles. The maximum Gasteiger partial charge on any atom is 0.357 e. The molecule has 11 heavy (non-hydrogen) atoms. The maximum absolute atomic E-state index is 5.52. The van der Waals surface area contributed by atoms with E-state index in [1.54, 1.807) is 0 Å². The monoisotopic (exact) mass is 199 g/mol. The minimum Gasteiger partial charge on any atom is -0.129 e. The van der Waals surface area contributed by atoms with Crippen LogP contribution in [0, 0.1) is 11.5 Å². The van der Waals surface area contributed by atoms with Crippen molar-refractivity contribution in [3.05, 3.63) is 35.9 Å². The Morgan fingerprint density at radius 1 is 1.09 bits per heavy atom. The fourth-order valence-corrected chi connectivity index (χ4v) is 1.16. The van der Waals surface area contributed by atoms with Crippen molar-refractivity contribution in [2.75, 3.05) is 0 Å². The average molecular weight is 200 g/mol. The van der Waals surface area contributed by atoms with E-state index in [2.05, 4.69) is 11.5 Å². The van der Waals surface area contributed by atoms with Gasteiger partial charge in [-0.2, -0.15) is 0 Å². The van der Waals surface area contributed by atoms with Gasteiger partial charge in [-0.25, -0.2) is 0 Å². The molecule has 0 nitrogen and oxygen atoms in total. The van der Waals surface area contributed by atoms with Crippen molar-refractivity contribution in [2.24, 2.45) is 0 Å². The second-order valence-electron chi connectivity index (χ2n) is 1.88. The maximum atomic E-state index is 5.52. The Kier molecular flexibility index (Phi) is 3.51. The standard InChI is InChI=1S/C8H5Cl2Si/c9-11(10)7-6-8-4-2-1-3-5-8/h1-5H. The predicted octanol–water partition coefficient (Wildman–Crippen LogP) is 2.54. The summed E-state index contributed by atoms with van der Waals surface area (Å²) in [7, 11) is -1.45. The van der Waals surface area contributed by atoms with Gasteiger partial charge in [-0.3, -0.25) is 0 Å². The molecule has 0 aromatic heterocycles. The smallest absolute Gasteiger partial charge is 0.129 e. The van der Waals surface area contributed by atoms with Gasteiger partial charge in [0.1, 0.15) is 0 Å². The highest BCUT2D eigenvalue weighted by atomic mass is 35.7. The predicted molar refractivity (Wildman–Crippen MR) is 50.8 cm³/mol. The van der Waals surface area contributed by atoms with Crippen molar-refractivity contribution >= 4 is 29.6 Å². The molecule has 0 aliphatic carbocycles. The lowest BCUT2D eigenvalue weighted by atomic mass is 10.2. The highest BCUT2D eigenvalue weighted by Crippen LogP contribution is 1.97. The second kappa shape index (κ2) is 4.45. The first-order valence-electron chi connectivity index (χ1n) is 3.04. The highest BCUT2D eigenvalue weighted by Gasteiger charge is 1.93. The normalized spacial score (nSPS) is 9.00. The minimum atomic E-state index is -1.45. The molecule has 0 atom stereocenters. The topological polar surface area (TPSA) is 0 Å². The van der Waals surface area contributed by atoms with E-state index in [4.69, 9.17) is 22.2 Å². The fraction of sp³-hybridized carbons (Fsp3) is 0. The molecule has 0 aliphatic heterocycles. The summed E-state index contributed by atoms with van der Waals surface area (Å²) in [4.78, 5) is 0. The first kappa shape index (κ1) is 8.67. The van der Waals surface area contributed by atoms with Gasteiger partial charge < -0.3 is 0 Å². The van der Waals surface area contributed by atoms with E-state index in [9.17, 15) is 0 Å². The number of halogens is 2. The van der Waals surface area contributed by atoms with Crippen molar-refractivity contribution < 1.29 is 0 Å². The van der Waals surface area contributed by atoms with Gasteiger partial charge in [0.25, 0.3) is 0 Å². The van der Waals surface area contributed by atoms with E-state index >= 15 is 0 Å². The summed E-state index contributed by atoms with van der Waals surface area (Å²) in [5.41, 5.74) is 3.70. The van der Waals surface area contributed by atoms with Crippen molar-refractivity contribution in [3.63, 3.8) is 0 Å². The van der Waals surface area contributed by atoms with Crippen LogP contribution in [0.4, 0.5) is 0 Å². The lowest BCUT2D eigenvalue weighted by Gasteiger charge is -1.85. The lowest BCUT2D eigenvalue weighted by molar-refractivity contribution is 1.65. The summed E-state index contributed by atoms with van der Waals surface area (Å²) in [5.74, 6) is 2.88. The molecule has 3 heteroatoms. The van der Waals surface area contributed by atoms with E-state index in [1.165, 1.54) is 0 Å². The summed E-state index contributed by atoms with van der Waals surface area (Å²) < 4.78 is 0. The summed E-state index contributed by atoms with van der Waals surface area (Å²) in [6.07, 6.45) is 0. The van der Waals surface area contributed by atoms with Crippen LogP contribution in [0.5, 0.6) is 0 Å². The van der Waals surface area contributed by atoms with E-state index in [1.807, 2.05) is 30.3 Å². The molecule has 1 aromatic rings. The highest BCUT2D eigenvalue weighted by molar-refractivity contribution is 7.37. The second-order valence-corrected chi connectivity index (χ2v) is 5.50. The van der Waals surface area contributed by atoms with Crippen LogP contribution >= 0.6 is 22.2 Å². The van der Waals surface area contributed by atoms with Gasteiger partial charge in [0.05, 0.1) is 0 Å². The van der Waals surface area contributed by atoms with Crippen LogP contribution < -0.4 is 0 Å². The molecule has 0 unspecified atom stereocenters. The van der Waals surface area contributed by atoms with Gasteiger partial charge in [0, 0.05) is 5.56 Å². The first-order chi connectivity index (χ1) is 5.29. The van der Waals surface area contributed by atoms with Crippen LogP contribution in [0.1, 0.15) is 5.56 Å². The number of hydrogen-bond donors (Lipinski definition) is 0. The molecule has 1 radical (unpaired) electrons. The van der Waals surface area contributed by atoms with E-state index < -0.39 is 7.42 Å². The number of hydrogen-bond acceptors (Lipinski definition) is 0. The Morgan fingerprint density at radius 3 is 2.27 bits per heavy atom. The van der Waals surface area contributed by atoms with Gasteiger partial charge in [-0.15, -0.1) is 22.2 Å².